The molecule has 0 fully saturated rings. The van der Waals surface area contributed by atoms with Crippen LogP contribution in [-0.4, -0.2) is 9.13 Å². The van der Waals surface area contributed by atoms with Crippen molar-refractivity contribution in [2.45, 2.75) is 0 Å². The molecule has 0 saturated heterocycles. The fourth-order valence-electron chi connectivity index (χ4n) is 8.56. The molecule has 4 heterocycles. The van der Waals surface area contributed by atoms with E-state index in [-0.39, 0.29) is 0 Å². The van der Waals surface area contributed by atoms with Crippen LogP contribution in [0.25, 0.3) is 110 Å². The smallest absolute Gasteiger partial charge is 0.136 e. The second-order valence-corrected chi connectivity index (χ2v) is 13.7. The Bertz CT molecular complexity index is 3410. The lowest BCUT2D eigenvalue weighted by molar-refractivity contribution is 0.664. The average Bonchev–Trinajstić information content (AvgIpc) is 3.94. The first kappa shape index (κ1) is 27.7. The summed E-state index contributed by atoms with van der Waals surface area (Å²) in [4.78, 5) is 0. The van der Waals surface area contributed by atoms with E-state index in [1.165, 1.54) is 49.2 Å². The van der Waals surface area contributed by atoms with Gasteiger partial charge in [0, 0.05) is 54.5 Å². The second kappa shape index (κ2) is 10.3. The maximum Gasteiger partial charge on any atom is 0.136 e. The van der Waals surface area contributed by atoms with Gasteiger partial charge in [0.25, 0.3) is 0 Å². The normalized spacial score (nSPS) is 12.2. The average molecular weight is 665 g/mol. The van der Waals surface area contributed by atoms with Gasteiger partial charge in [0.1, 0.15) is 22.3 Å². The molecule has 4 nitrogen and oxygen atoms in total. The summed E-state index contributed by atoms with van der Waals surface area (Å²) in [5.41, 5.74) is 12.9. The Morgan fingerprint density at radius 2 is 0.808 bits per heavy atom. The first-order chi connectivity index (χ1) is 25.8. The third-order valence-corrected chi connectivity index (χ3v) is 10.9. The molecule has 0 aliphatic carbocycles. The fourth-order valence-corrected chi connectivity index (χ4v) is 8.56. The van der Waals surface area contributed by atoms with Crippen molar-refractivity contribution >= 4 is 87.5 Å². The van der Waals surface area contributed by atoms with Gasteiger partial charge in [-0.1, -0.05) is 91.0 Å². The van der Waals surface area contributed by atoms with E-state index in [1.807, 2.05) is 18.2 Å². The molecule has 0 amide bonds. The van der Waals surface area contributed by atoms with Crippen LogP contribution in [0.3, 0.4) is 0 Å². The highest BCUT2D eigenvalue weighted by Gasteiger charge is 2.18. The number of benzene rings is 8. The summed E-state index contributed by atoms with van der Waals surface area (Å²) in [7, 11) is 0. The van der Waals surface area contributed by atoms with Gasteiger partial charge in [-0.15, -0.1) is 0 Å². The first-order valence-electron chi connectivity index (χ1n) is 17.7. The maximum atomic E-state index is 6.42. The number of hydrogen-bond donors (Lipinski definition) is 0. The lowest BCUT2D eigenvalue weighted by Crippen LogP contribution is -1.94. The van der Waals surface area contributed by atoms with Crippen molar-refractivity contribution in [1.82, 2.24) is 9.13 Å². The zero-order valence-corrected chi connectivity index (χ0v) is 27.9. The van der Waals surface area contributed by atoms with Gasteiger partial charge in [-0.3, -0.25) is 0 Å². The number of aromatic nitrogens is 2. The van der Waals surface area contributed by atoms with Crippen molar-refractivity contribution in [3.8, 4) is 22.5 Å². The van der Waals surface area contributed by atoms with Gasteiger partial charge in [0.2, 0.25) is 0 Å². The number of hydrogen-bond acceptors (Lipinski definition) is 2. The molecule has 12 rings (SSSR count). The van der Waals surface area contributed by atoms with E-state index in [0.717, 1.165) is 60.8 Å². The molecule has 0 atom stereocenters. The number of furan rings is 2. The van der Waals surface area contributed by atoms with E-state index in [1.54, 1.807) is 0 Å². The molecule has 52 heavy (non-hydrogen) atoms. The molecule has 0 bridgehead atoms. The van der Waals surface area contributed by atoms with Gasteiger partial charge in [-0.05, 0) is 90.0 Å². The summed E-state index contributed by atoms with van der Waals surface area (Å²) in [5.74, 6) is 0. The lowest BCUT2D eigenvalue weighted by Gasteiger charge is -2.10. The van der Waals surface area contributed by atoms with Crippen LogP contribution in [0.5, 0.6) is 0 Å². The van der Waals surface area contributed by atoms with Gasteiger partial charge in [-0.2, -0.15) is 0 Å². The van der Waals surface area contributed by atoms with Crippen LogP contribution in [-0.2, 0) is 0 Å². The molecule has 4 aromatic heterocycles. The van der Waals surface area contributed by atoms with Crippen LogP contribution in [0.15, 0.2) is 179 Å². The predicted molar refractivity (Wildman–Crippen MR) is 215 cm³/mol. The van der Waals surface area contributed by atoms with Crippen molar-refractivity contribution in [1.29, 1.82) is 0 Å². The lowest BCUT2D eigenvalue weighted by atomic mass is 10.0. The van der Waals surface area contributed by atoms with E-state index in [0.29, 0.717) is 0 Å². The second-order valence-electron chi connectivity index (χ2n) is 13.7. The monoisotopic (exact) mass is 664 g/mol. The predicted octanol–water partition coefficient (Wildman–Crippen LogP) is 13.3. The minimum atomic E-state index is 0.862. The quantitative estimate of drug-likeness (QED) is 0.188. The number of para-hydroxylation sites is 4. The Balaban J connectivity index is 1.04. The topological polar surface area (TPSA) is 36.1 Å². The van der Waals surface area contributed by atoms with E-state index in [2.05, 4.69) is 161 Å². The number of fused-ring (bicyclic) bond motifs is 12. The van der Waals surface area contributed by atoms with Crippen LogP contribution in [0.1, 0.15) is 0 Å². The minimum absolute atomic E-state index is 0.862. The molecule has 12 aromatic rings. The Hall–Kier alpha value is -7.04. The van der Waals surface area contributed by atoms with Crippen molar-refractivity contribution in [3.05, 3.63) is 170 Å². The zero-order chi connectivity index (χ0) is 33.9. The Kier molecular flexibility index (Phi) is 5.47. The van der Waals surface area contributed by atoms with Crippen molar-refractivity contribution < 1.29 is 8.83 Å². The standard InChI is InChI=1S/C48H28N2O2/c1-2-10-31(11-3-1)49-41-15-7-4-12-33(41)35-21-18-30(25-44(35)49)29-19-22-43-37(24-29)34-13-5-8-16-42(34)50(43)32-20-23-46-38(26-32)40-28-47-39(27-48(40)52-46)36-14-6-9-17-45(36)51-47/h1-28H. The van der Waals surface area contributed by atoms with Gasteiger partial charge in [0.05, 0.1) is 22.1 Å². The Labute approximate surface area is 296 Å². The van der Waals surface area contributed by atoms with Crippen LogP contribution in [0.4, 0.5) is 0 Å². The van der Waals surface area contributed by atoms with Gasteiger partial charge < -0.3 is 18.0 Å². The summed E-state index contributed by atoms with van der Waals surface area (Å²) in [6, 6.07) is 60.8. The minimum Gasteiger partial charge on any atom is -0.456 e. The van der Waals surface area contributed by atoms with Gasteiger partial charge >= 0.3 is 0 Å². The molecule has 8 aromatic carbocycles. The maximum absolute atomic E-state index is 6.42. The Morgan fingerprint density at radius 1 is 0.269 bits per heavy atom. The number of nitrogens with zero attached hydrogens (tertiary/aromatic N) is 2. The Morgan fingerprint density at radius 3 is 1.60 bits per heavy atom. The summed E-state index contributed by atoms with van der Waals surface area (Å²) >= 11 is 0. The molecule has 0 radical (unpaired) electrons. The van der Waals surface area contributed by atoms with Crippen molar-refractivity contribution in [3.63, 3.8) is 0 Å². The molecule has 0 aliphatic heterocycles. The summed E-state index contributed by atoms with van der Waals surface area (Å²) in [6.45, 7) is 0. The summed E-state index contributed by atoms with van der Waals surface area (Å²) in [5, 5.41) is 9.25. The van der Waals surface area contributed by atoms with Gasteiger partial charge in [0.15, 0.2) is 0 Å². The van der Waals surface area contributed by atoms with Crippen LogP contribution in [0, 0.1) is 0 Å². The molecule has 0 aliphatic rings. The highest BCUT2D eigenvalue weighted by molar-refractivity contribution is 6.16. The van der Waals surface area contributed by atoms with E-state index < -0.39 is 0 Å². The number of rotatable bonds is 3. The van der Waals surface area contributed by atoms with Crippen LogP contribution >= 0.6 is 0 Å². The molecule has 0 spiro atoms. The van der Waals surface area contributed by atoms with E-state index in [9.17, 15) is 0 Å². The molecule has 242 valence electrons. The molecule has 4 heteroatoms. The van der Waals surface area contributed by atoms with E-state index >= 15 is 0 Å². The van der Waals surface area contributed by atoms with Crippen LogP contribution in [0.2, 0.25) is 0 Å². The van der Waals surface area contributed by atoms with Crippen LogP contribution < -0.4 is 0 Å². The SMILES string of the molecule is c1ccc(-n2c3ccccc3c3ccc(-c4ccc5c(c4)c4ccccc4n5-c4ccc5oc6cc7c(cc6c5c4)oc4ccccc47)cc32)cc1. The third-order valence-electron chi connectivity index (χ3n) is 10.9. The van der Waals surface area contributed by atoms with Gasteiger partial charge in [-0.25, -0.2) is 0 Å². The summed E-state index contributed by atoms with van der Waals surface area (Å²) < 4.78 is 17.4. The molecular weight excluding hydrogens is 637 g/mol. The molecular formula is C48H28N2O2. The first-order valence-corrected chi connectivity index (χ1v) is 17.7. The largest absolute Gasteiger partial charge is 0.456 e. The third kappa shape index (κ3) is 3.81. The molecule has 0 N–H and O–H groups in total. The highest BCUT2D eigenvalue weighted by atomic mass is 16.3. The van der Waals surface area contributed by atoms with E-state index in [4.69, 9.17) is 8.83 Å². The van der Waals surface area contributed by atoms with Crippen molar-refractivity contribution in [2.24, 2.45) is 0 Å². The zero-order valence-electron chi connectivity index (χ0n) is 27.9. The molecule has 0 unspecified atom stereocenters. The molecule has 0 saturated carbocycles. The highest BCUT2D eigenvalue weighted by Crippen LogP contribution is 2.41. The fraction of sp³-hybridized carbons (Fsp3) is 0. The summed E-state index contributed by atoms with van der Waals surface area (Å²) in [6.07, 6.45) is 0. The van der Waals surface area contributed by atoms with Crippen molar-refractivity contribution in [2.75, 3.05) is 0 Å².